The number of hydrogen-bond acceptors (Lipinski definition) is 2. The molecule has 0 heterocycles. The Morgan fingerprint density at radius 1 is 1.57 bits per heavy atom. The van der Waals surface area contributed by atoms with Gasteiger partial charge in [0.1, 0.15) is 5.75 Å². The Balaban J connectivity index is 2.66. The summed E-state index contributed by atoms with van der Waals surface area (Å²) in [5, 5.41) is 2.69. The molecule has 0 bridgehead atoms. The Bertz CT molecular complexity index is 334. The van der Waals surface area contributed by atoms with Gasteiger partial charge in [-0.3, -0.25) is 4.79 Å². The van der Waals surface area contributed by atoms with Crippen molar-refractivity contribution in [2.75, 3.05) is 7.11 Å². The van der Waals surface area contributed by atoms with Crippen LogP contribution in [0.3, 0.4) is 0 Å². The molecule has 1 aromatic carbocycles. The first-order valence-electron chi connectivity index (χ1n) is 4.30. The number of methoxy groups -OCH3 is 1. The molecule has 3 heteroatoms. The summed E-state index contributed by atoms with van der Waals surface area (Å²) in [6, 6.07) is 7.55. The molecule has 3 nitrogen and oxygen atoms in total. The third-order valence-electron chi connectivity index (χ3n) is 1.83. The van der Waals surface area contributed by atoms with Crippen LogP contribution in [0.2, 0.25) is 0 Å². The van der Waals surface area contributed by atoms with Crippen molar-refractivity contribution in [2.45, 2.75) is 6.54 Å². The van der Waals surface area contributed by atoms with E-state index < -0.39 is 0 Å². The Labute approximate surface area is 83.4 Å². The molecule has 0 aliphatic carbocycles. The van der Waals surface area contributed by atoms with Crippen molar-refractivity contribution < 1.29 is 9.53 Å². The summed E-state index contributed by atoms with van der Waals surface area (Å²) < 4.78 is 5.13. The van der Waals surface area contributed by atoms with Gasteiger partial charge in [-0.25, -0.2) is 0 Å². The molecule has 14 heavy (non-hydrogen) atoms. The Morgan fingerprint density at radius 3 is 2.93 bits per heavy atom. The number of benzene rings is 1. The maximum Gasteiger partial charge on any atom is 0.243 e. The summed E-state index contributed by atoms with van der Waals surface area (Å²) in [5.74, 6) is 0.591. The summed E-state index contributed by atoms with van der Waals surface area (Å²) in [5.41, 5.74) is 0.949. The van der Waals surface area contributed by atoms with Gasteiger partial charge in [0.25, 0.3) is 0 Å². The average molecular weight is 191 g/mol. The van der Waals surface area contributed by atoms with Crippen LogP contribution in [0.1, 0.15) is 5.56 Å². The van der Waals surface area contributed by atoms with E-state index in [0.717, 1.165) is 11.3 Å². The van der Waals surface area contributed by atoms with Crippen LogP contribution in [0.25, 0.3) is 0 Å². The first kappa shape index (κ1) is 10.3. The second kappa shape index (κ2) is 5.07. The highest BCUT2D eigenvalue weighted by Crippen LogP contribution is 2.16. The van der Waals surface area contributed by atoms with Crippen LogP contribution in [0.5, 0.6) is 5.75 Å². The van der Waals surface area contributed by atoms with E-state index in [1.165, 1.54) is 6.08 Å². The zero-order valence-electron chi connectivity index (χ0n) is 8.12. The minimum atomic E-state index is -0.184. The Kier molecular flexibility index (Phi) is 3.73. The molecule has 74 valence electrons. The minimum Gasteiger partial charge on any atom is -0.496 e. The fourth-order valence-corrected chi connectivity index (χ4v) is 1.10. The fourth-order valence-electron chi connectivity index (χ4n) is 1.10. The van der Waals surface area contributed by atoms with Crippen LogP contribution in [0.15, 0.2) is 36.9 Å². The number of hydrogen-bond donors (Lipinski definition) is 1. The predicted octanol–water partition coefficient (Wildman–Crippen LogP) is 1.50. The third kappa shape index (κ3) is 2.62. The van der Waals surface area contributed by atoms with Crippen molar-refractivity contribution in [3.05, 3.63) is 42.5 Å². The Hall–Kier alpha value is -1.77. The third-order valence-corrected chi connectivity index (χ3v) is 1.83. The number of para-hydroxylation sites is 1. The summed E-state index contributed by atoms with van der Waals surface area (Å²) in [6.07, 6.45) is 1.25. The predicted molar refractivity (Wildman–Crippen MR) is 55.0 cm³/mol. The lowest BCUT2D eigenvalue weighted by atomic mass is 10.2. The van der Waals surface area contributed by atoms with E-state index in [9.17, 15) is 4.79 Å². The molecule has 0 aliphatic rings. The normalized spacial score (nSPS) is 9.21. The smallest absolute Gasteiger partial charge is 0.243 e. The van der Waals surface area contributed by atoms with Crippen LogP contribution >= 0.6 is 0 Å². The van der Waals surface area contributed by atoms with Crippen LogP contribution in [-0.2, 0) is 11.3 Å². The van der Waals surface area contributed by atoms with Gasteiger partial charge in [0.05, 0.1) is 7.11 Å². The molecule has 1 rings (SSSR count). The molecular weight excluding hydrogens is 178 g/mol. The molecule has 0 atom stereocenters. The van der Waals surface area contributed by atoms with Gasteiger partial charge in [0.2, 0.25) is 5.91 Å². The minimum absolute atomic E-state index is 0.184. The van der Waals surface area contributed by atoms with Gasteiger partial charge in [0.15, 0.2) is 0 Å². The van der Waals surface area contributed by atoms with E-state index in [1.807, 2.05) is 24.3 Å². The van der Waals surface area contributed by atoms with Crippen molar-refractivity contribution in [1.29, 1.82) is 0 Å². The summed E-state index contributed by atoms with van der Waals surface area (Å²) in [7, 11) is 1.61. The number of rotatable bonds is 4. The molecule has 0 aromatic heterocycles. The SMILES string of the molecule is C=CC(=O)NCc1ccccc1OC. The molecule has 0 fully saturated rings. The first-order valence-corrected chi connectivity index (χ1v) is 4.30. The molecule has 0 radical (unpaired) electrons. The van der Waals surface area contributed by atoms with Gasteiger partial charge in [-0.1, -0.05) is 24.8 Å². The van der Waals surface area contributed by atoms with Crippen LogP contribution in [0, 0.1) is 0 Å². The van der Waals surface area contributed by atoms with Crippen molar-refractivity contribution >= 4 is 5.91 Å². The maximum absolute atomic E-state index is 10.9. The van der Waals surface area contributed by atoms with E-state index in [4.69, 9.17) is 4.74 Å². The van der Waals surface area contributed by atoms with E-state index in [-0.39, 0.29) is 5.91 Å². The molecule has 1 amide bonds. The van der Waals surface area contributed by atoms with Crippen molar-refractivity contribution in [3.63, 3.8) is 0 Å². The van der Waals surface area contributed by atoms with E-state index >= 15 is 0 Å². The lowest BCUT2D eigenvalue weighted by molar-refractivity contribution is -0.116. The monoisotopic (exact) mass is 191 g/mol. The second-order valence-corrected chi connectivity index (χ2v) is 2.73. The summed E-state index contributed by atoms with van der Waals surface area (Å²) in [4.78, 5) is 10.9. The standard InChI is InChI=1S/C11H13NO2/c1-3-11(13)12-8-9-6-4-5-7-10(9)14-2/h3-7H,1,8H2,2H3,(H,12,13). The summed E-state index contributed by atoms with van der Waals surface area (Å²) in [6.45, 7) is 3.83. The highest BCUT2D eigenvalue weighted by atomic mass is 16.5. The van der Waals surface area contributed by atoms with Crippen molar-refractivity contribution in [1.82, 2.24) is 5.32 Å². The molecule has 0 saturated carbocycles. The molecule has 0 unspecified atom stereocenters. The second-order valence-electron chi connectivity index (χ2n) is 2.73. The number of amides is 1. The number of nitrogens with one attached hydrogen (secondary N) is 1. The number of carbonyl (C=O) groups excluding carboxylic acids is 1. The largest absolute Gasteiger partial charge is 0.496 e. The van der Waals surface area contributed by atoms with Crippen molar-refractivity contribution in [3.8, 4) is 5.75 Å². The average Bonchev–Trinajstić information content (AvgIpc) is 2.26. The first-order chi connectivity index (χ1) is 6.77. The lowest BCUT2D eigenvalue weighted by Gasteiger charge is -2.07. The molecule has 0 saturated heterocycles. The molecule has 0 aliphatic heterocycles. The van der Waals surface area contributed by atoms with Gasteiger partial charge < -0.3 is 10.1 Å². The van der Waals surface area contributed by atoms with Crippen molar-refractivity contribution in [2.24, 2.45) is 0 Å². The zero-order chi connectivity index (χ0) is 10.4. The van der Waals surface area contributed by atoms with Crippen LogP contribution < -0.4 is 10.1 Å². The van der Waals surface area contributed by atoms with Crippen LogP contribution in [0.4, 0.5) is 0 Å². The Morgan fingerprint density at radius 2 is 2.29 bits per heavy atom. The van der Waals surface area contributed by atoms with E-state index in [2.05, 4.69) is 11.9 Å². The maximum atomic E-state index is 10.9. The number of ether oxygens (including phenoxy) is 1. The highest BCUT2D eigenvalue weighted by Gasteiger charge is 2.01. The van der Waals surface area contributed by atoms with E-state index in [0.29, 0.717) is 6.54 Å². The summed E-state index contributed by atoms with van der Waals surface area (Å²) >= 11 is 0. The van der Waals surface area contributed by atoms with Gasteiger partial charge in [-0.15, -0.1) is 0 Å². The molecule has 0 spiro atoms. The zero-order valence-corrected chi connectivity index (χ0v) is 8.12. The van der Waals surface area contributed by atoms with Gasteiger partial charge in [0, 0.05) is 12.1 Å². The molecular formula is C11H13NO2. The molecule has 1 N–H and O–H groups in total. The fraction of sp³-hybridized carbons (Fsp3) is 0.182. The van der Waals surface area contributed by atoms with Gasteiger partial charge >= 0.3 is 0 Å². The van der Waals surface area contributed by atoms with Gasteiger partial charge in [-0.2, -0.15) is 0 Å². The van der Waals surface area contributed by atoms with E-state index in [1.54, 1.807) is 7.11 Å². The lowest BCUT2D eigenvalue weighted by Crippen LogP contribution is -2.20. The number of carbonyl (C=O) groups is 1. The molecule has 1 aromatic rings. The topological polar surface area (TPSA) is 38.3 Å². The highest BCUT2D eigenvalue weighted by molar-refractivity contribution is 5.86. The quantitative estimate of drug-likeness (QED) is 0.732. The van der Waals surface area contributed by atoms with Gasteiger partial charge in [-0.05, 0) is 12.1 Å². The van der Waals surface area contributed by atoms with Crippen LogP contribution in [-0.4, -0.2) is 13.0 Å².